The fraction of sp³-hybridized carbons (Fsp3) is 0.200. The van der Waals surface area contributed by atoms with Gasteiger partial charge in [-0.3, -0.25) is 0 Å². The van der Waals surface area contributed by atoms with E-state index in [4.69, 9.17) is 4.42 Å². The van der Waals surface area contributed by atoms with Gasteiger partial charge in [-0.2, -0.15) is 0 Å². The maximum absolute atomic E-state index is 6.96. The monoisotopic (exact) mass is 528 g/mol. The molecule has 0 spiro atoms. The van der Waals surface area contributed by atoms with E-state index in [0.29, 0.717) is 0 Å². The summed E-state index contributed by atoms with van der Waals surface area (Å²) in [6, 6.07) is 31.8. The Labute approximate surface area is 240 Å². The van der Waals surface area contributed by atoms with Crippen LogP contribution in [-0.2, 0) is 10.8 Å². The minimum atomic E-state index is -0.0859. The Hall–Kier alpha value is -4.36. The summed E-state index contributed by atoms with van der Waals surface area (Å²) in [7, 11) is 0. The molecular weight excluding hydrogens is 496 g/mol. The molecule has 0 radical (unpaired) electrons. The first-order valence-corrected chi connectivity index (χ1v) is 14.8. The summed E-state index contributed by atoms with van der Waals surface area (Å²) >= 11 is 0. The van der Waals surface area contributed by atoms with E-state index < -0.39 is 0 Å². The highest BCUT2D eigenvalue weighted by Gasteiger charge is 2.41. The predicted octanol–water partition coefficient (Wildman–Crippen LogP) is 11.1. The molecular formula is C40H32O. The second kappa shape index (κ2) is 7.28. The van der Waals surface area contributed by atoms with E-state index in [1.54, 1.807) is 0 Å². The standard InChI is InChI=1S/C40H32O/c1-21-33-31(39(3,4)29-17-15-23-11-7-9-13-25(23)35(29)33)19-27-28-20-32-34(22(2)38(28)41-37(21)27)36-26-14-10-8-12-24(26)16-18-30(36)40(32,5)6/h7-20H,1-6H3. The van der Waals surface area contributed by atoms with Crippen molar-refractivity contribution in [2.75, 3.05) is 0 Å². The minimum Gasteiger partial charge on any atom is -0.455 e. The third-order valence-electron chi connectivity index (χ3n) is 10.6. The van der Waals surface area contributed by atoms with Gasteiger partial charge in [-0.1, -0.05) is 100 Å². The van der Waals surface area contributed by atoms with Crippen LogP contribution in [0.15, 0.2) is 89.3 Å². The molecule has 7 aromatic rings. The van der Waals surface area contributed by atoms with Crippen LogP contribution in [0.5, 0.6) is 0 Å². The summed E-state index contributed by atoms with van der Waals surface area (Å²) in [5.74, 6) is 0. The predicted molar refractivity (Wildman–Crippen MR) is 173 cm³/mol. The minimum absolute atomic E-state index is 0.0859. The summed E-state index contributed by atoms with van der Waals surface area (Å²) in [6.45, 7) is 14.1. The molecule has 0 bridgehead atoms. The van der Waals surface area contributed by atoms with Gasteiger partial charge in [0.25, 0.3) is 0 Å². The normalized spacial score (nSPS) is 16.0. The van der Waals surface area contributed by atoms with E-state index in [1.807, 2.05) is 0 Å². The van der Waals surface area contributed by atoms with Crippen molar-refractivity contribution < 1.29 is 4.42 Å². The Morgan fingerprint density at radius 1 is 0.439 bits per heavy atom. The third-order valence-corrected chi connectivity index (χ3v) is 10.6. The van der Waals surface area contributed by atoms with Crippen LogP contribution in [0.1, 0.15) is 61.1 Å². The lowest BCUT2D eigenvalue weighted by molar-refractivity contribution is 0.652. The van der Waals surface area contributed by atoms with Crippen molar-refractivity contribution >= 4 is 43.5 Å². The Balaban J connectivity index is 1.41. The van der Waals surface area contributed by atoms with Crippen LogP contribution < -0.4 is 0 Å². The first-order chi connectivity index (χ1) is 19.7. The number of aryl methyl sites for hydroxylation is 2. The summed E-state index contributed by atoms with van der Waals surface area (Å²) in [5, 5.41) is 7.72. The van der Waals surface area contributed by atoms with E-state index in [1.165, 1.54) is 88.0 Å². The zero-order chi connectivity index (χ0) is 28.0. The average molecular weight is 529 g/mol. The lowest BCUT2D eigenvalue weighted by atomic mass is 9.80. The molecule has 0 N–H and O–H groups in total. The topological polar surface area (TPSA) is 13.1 Å². The first kappa shape index (κ1) is 23.4. The van der Waals surface area contributed by atoms with E-state index in [-0.39, 0.29) is 10.8 Å². The molecule has 1 aromatic heterocycles. The Bertz CT molecular complexity index is 2160. The molecule has 0 amide bonds. The quantitative estimate of drug-likeness (QED) is 0.191. The fourth-order valence-electron chi connectivity index (χ4n) is 8.41. The zero-order valence-corrected chi connectivity index (χ0v) is 24.5. The van der Waals surface area contributed by atoms with Gasteiger partial charge in [-0.05, 0) is 92.0 Å². The highest BCUT2D eigenvalue weighted by Crippen LogP contribution is 2.57. The highest BCUT2D eigenvalue weighted by molar-refractivity contribution is 6.15. The first-order valence-electron chi connectivity index (χ1n) is 14.8. The SMILES string of the molecule is Cc1c2c(cc3c1oc1c(C)c4c(cc13)C(C)(C)c1ccc3ccccc3c1-4)C(C)(C)c1ccc3ccccc3c1-2. The van der Waals surface area contributed by atoms with Gasteiger partial charge in [0.15, 0.2) is 0 Å². The second-order valence-electron chi connectivity index (χ2n) is 13.4. The fourth-order valence-corrected chi connectivity index (χ4v) is 8.41. The van der Waals surface area contributed by atoms with E-state index in [9.17, 15) is 0 Å². The molecule has 1 nitrogen and oxygen atoms in total. The average Bonchev–Trinajstić information content (AvgIpc) is 3.54. The number of rotatable bonds is 0. The van der Waals surface area contributed by atoms with Crippen molar-refractivity contribution in [3.8, 4) is 22.3 Å². The van der Waals surface area contributed by atoms with Gasteiger partial charge < -0.3 is 4.42 Å². The molecule has 1 heteroatoms. The summed E-state index contributed by atoms with van der Waals surface area (Å²) in [5.41, 5.74) is 15.5. The molecule has 0 fully saturated rings. The lowest BCUT2D eigenvalue weighted by Gasteiger charge is -2.22. The summed E-state index contributed by atoms with van der Waals surface area (Å²) in [4.78, 5) is 0. The van der Waals surface area contributed by atoms with Crippen molar-refractivity contribution in [1.82, 2.24) is 0 Å². The maximum atomic E-state index is 6.96. The molecule has 0 aliphatic heterocycles. The molecule has 1 heterocycles. The molecule has 0 atom stereocenters. The smallest absolute Gasteiger partial charge is 0.138 e. The van der Waals surface area contributed by atoms with Crippen LogP contribution >= 0.6 is 0 Å². The van der Waals surface area contributed by atoms with Crippen LogP contribution in [0.3, 0.4) is 0 Å². The maximum Gasteiger partial charge on any atom is 0.138 e. The molecule has 0 unspecified atom stereocenters. The van der Waals surface area contributed by atoms with E-state index >= 15 is 0 Å². The van der Waals surface area contributed by atoms with E-state index in [2.05, 4.69) is 126 Å². The molecule has 0 saturated carbocycles. The Morgan fingerprint density at radius 3 is 1.29 bits per heavy atom. The van der Waals surface area contributed by atoms with Gasteiger partial charge in [-0.25, -0.2) is 0 Å². The van der Waals surface area contributed by atoms with Crippen LogP contribution in [-0.4, -0.2) is 0 Å². The Kier molecular flexibility index (Phi) is 4.15. The Morgan fingerprint density at radius 2 is 0.854 bits per heavy atom. The number of hydrogen-bond acceptors (Lipinski definition) is 1. The molecule has 41 heavy (non-hydrogen) atoms. The number of fused-ring (bicyclic) bond motifs is 13. The highest BCUT2D eigenvalue weighted by atomic mass is 16.3. The van der Waals surface area contributed by atoms with Crippen molar-refractivity contribution in [2.45, 2.75) is 52.4 Å². The number of hydrogen-bond donors (Lipinski definition) is 0. The van der Waals surface area contributed by atoms with Crippen molar-refractivity contribution in [2.24, 2.45) is 0 Å². The van der Waals surface area contributed by atoms with Crippen LogP contribution in [0.4, 0.5) is 0 Å². The molecule has 2 aliphatic carbocycles. The number of furan rings is 1. The van der Waals surface area contributed by atoms with Gasteiger partial charge >= 0.3 is 0 Å². The van der Waals surface area contributed by atoms with E-state index in [0.717, 1.165) is 11.2 Å². The zero-order valence-electron chi connectivity index (χ0n) is 24.5. The summed E-state index contributed by atoms with van der Waals surface area (Å²) < 4.78 is 6.96. The molecule has 2 aliphatic rings. The van der Waals surface area contributed by atoms with Crippen molar-refractivity contribution in [3.05, 3.63) is 118 Å². The van der Waals surface area contributed by atoms with Gasteiger partial charge in [0.05, 0.1) is 0 Å². The third kappa shape index (κ3) is 2.64. The second-order valence-corrected chi connectivity index (χ2v) is 13.4. The van der Waals surface area contributed by atoms with Crippen LogP contribution in [0.25, 0.3) is 65.7 Å². The van der Waals surface area contributed by atoms with Gasteiger partial charge in [0.2, 0.25) is 0 Å². The van der Waals surface area contributed by atoms with Crippen molar-refractivity contribution in [3.63, 3.8) is 0 Å². The van der Waals surface area contributed by atoms with Gasteiger partial charge in [-0.15, -0.1) is 0 Å². The van der Waals surface area contributed by atoms with Crippen LogP contribution in [0.2, 0.25) is 0 Å². The van der Waals surface area contributed by atoms with Gasteiger partial charge in [0.1, 0.15) is 11.2 Å². The lowest BCUT2D eigenvalue weighted by Crippen LogP contribution is -2.15. The van der Waals surface area contributed by atoms with Crippen molar-refractivity contribution in [1.29, 1.82) is 0 Å². The largest absolute Gasteiger partial charge is 0.455 e. The molecule has 6 aromatic carbocycles. The number of benzene rings is 6. The van der Waals surface area contributed by atoms with Gasteiger partial charge in [0, 0.05) is 32.7 Å². The summed E-state index contributed by atoms with van der Waals surface area (Å²) in [6.07, 6.45) is 0. The molecule has 198 valence electrons. The molecule has 0 saturated heterocycles. The van der Waals surface area contributed by atoms with Crippen LogP contribution in [0, 0.1) is 13.8 Å². The molecule has 9 rings (SSSR count).